The molecule has 0 aliphatic heterocycles. The first-order valence-corrected chi connectivity index (χ1v) is 6.30. The fourth-order valence-electron chi connectivity index (χ4n) is 1.46. The number of nitrogens with zero attached hydrogens (tertiary/aromatic N) is 1. The van der Waals surface area contributed by atoms with E-state index < -0.39 is 11.7 Å². The predicted octanol–water partition coefficient (Wildman–Crippen LogP) is 2.72. The van der Waals surface area contributed by atoms with Gasteiger partial charge in [-0.15, -0.1) is 4.91 Å². The third-order valence-corrected chi connectivity index (χ3v) is 2.20. The van der Waals surface area contributed by atoms with E-state index in [1.54, 1.807) is 39.0 Å². The van der Waals surface area contributed by atoms with Crippen LogP contribution >= 0.6 is 0 Å². The van der Waals surface area contributed by atoms with Crippen LogP contribution in [-0.4, -0.2) is 24.8 Å². The lowest BCUT2D eigenvalue weighted by molar-refractivity contribution is 0.0530. The molecule has 1 aromatic rings. The average molecular weight is 280 g/mol. The number of ether oxygens (including phenoxy) is 1. The zero-order valence-corrected chi connectivity index (χ0v) is 11.9. The number of para-hydroxylation sites is 2. The molecule has 7 heteroatoms. The molecule has 0 saturated carbocycles. The van der Waals surface area contributed by atoms with Crippen molar-refractivity contribution >= 4 is 17.5 Å². The first kappa shape index (κ1) is 15.7. The number of rotatable bonds is 6. The second kappa shape index (κ2) is 7.32. The van der Waals surface area contributed by atoms with Crippen molar-refractivity contribution in [2.75, 3.05) is 23.8 Å². The molecule has 0 radical (unpaired) electrons. The molecule has 110 valence electrons. The molecule has 0 fully saturated rings. The molecule has 1 rings (SSSR count). The van der Waals surface area contributed by atoms with E-state index in [4.69, 9.17) is 4.74 Å². The largest absolute Gasteiger partial charge is 0.444 e. The van der Waals surface area contributed by atoms with Crippen molar-refractivity contribution in [3.63, 3.8) is 0 Å². The quantitative estimate of drug-likeness (QED) is 0.423. The molecule has 0 aliphatic rings. The lowest BCUT2D eigenvalue weighted by Gasteiger charge is -2.19. The molecule has 0 atom stereocenters. The highest BCUT2D eigenvalue weighted by molar-refractivity contribution is 5.69. The minimum Gasteiger partial charge on any atom is -0.444 e. The number of carbonyl (C=O) groups excluding carboxylic acids is 1. The molecule has 0 heterocycles. The van der Waals surface area contributed by atoms with E-state index in [-0.39, 0.29) is 0 Å². The van der Waals surface area contributed by atoms with Crippen LogP contribution in [0.5, 0.6) is 0 Å². The van der Waals surface area contributed by atoms with Crippen molar-refractivity contribution in [1.29, 1.82) is 0 Å². The molecule has 0 saturated heterocycles. The molecule has 0 bridgehead atoms. The average Bonchev–Trinajstić information content (AvgIpc) is 2.34. The second-order valence-electron chi connectivity index (χ2n) is 5.10. The van der Waals surface area contributed by atoms with E-state index in [0.29, 0.717) is 18.8 Å². The van der Waals surface area contributed by atoms with Gasteiger partial charge in [0.2, 0.25) is 0 Å². The standard InChI is InChI=1S/C13H20N4O3/c1-13(2,3)20-12(18)15-9-8-14-10-6-4-5-7-11(10)16-17-19/h4-7,14H,8-9H2,1-3H3,(H,15,18)(H,16,19). The summed E-state index contributed by atoms with van der Waals surface area (Å²) in [5.41, 5.74) is 3.16. The minimum absolute atomic E-state index is 0.401. The summed E-state index contributed by atoms with van der Waals surface area (Å²) < 4.78 is 5.11. The topological polar surface area (TPSA) is 91.8 Å². The van der Waals surface area contributed by atoms with Crippen LogP contribution in [0.25, 0.3) is 0 Å². The van der Waals surface area contributed by atoms with E-state index in [1.165, 1.54) is 0 Å². The fourth-order valence-corrected chi connectivity index (χ4v) is 1.46. The molecule has 0 aliphatic carbocycles. The van der Waals surface area contributed by atoms with Crippen LogP contribution in [0.15, 0.2) is 29.6 Å². The van der Waals surface area contributed by atoms with Crippen LogP contribution in [0, 0.1) is 4.91 Å². The monoisotopic (exact) mass is 280 g/mol. The van der Waals surface area contributed by atoms with Gasteiger partial charge in [0.25, 0.3) is 0 Å². The Bertz CT molecular complexity index is 457. The van der Waals surface area contributed by atoms with E-state index in [1.807, 2.05) is 6.07 Å². The van der Waals surface area contributed by atoms with Gasteiger partial charge >= 0.3 is 6.09 Å². The van der Waals surface area contributed by atoms with Crippen LogP contribution in [0.1, 0.15) is 20.8 Å². The Kier molecular flexibility index (Phi) is 5.76. The van der Waals surface area contributed by atoms with Gasteiger partial charge in [-0.25, -0.2) is 10.2 Å². The zero-order valence-electron chi connectivity index (χ0n) is 11.9. The van der Waals surface area contributed by atoms with Crippen molar-refractivity contribution < 1.29 is 9.53 Å². The maximum absolute atomic E-state index is 11.4. The first-order valence-electron chi connectivity index (χ1n) is 6.30. The van der Waals surface area contributed by atoms with Crippen molar-refractivity contribution in [3.8, 4) is 0 Å². The predicted molar refractivity (Wildman–Crippen MR) is 78.6 cm³/mol. The number of benzene rings is 1. The zero-order chi connectivity index (χ0) is 15.0. The van der Waals surface area contributed by atoms with Gasteiger partial charge < -0.3 is 15.4 Å². The normalized spacial score (nSPS) is 10.6. The maximum Gasteiger partial charge on any atom is 0.407 e. The van der Waals surface area contributed by atoms with Gasteiger partial charge in [-0.3, -0.25) is 0 Å². The maximum atomic E-state index is 11.4. The summed E-state index contributed by atoms with van der Waals surface area (Å²) in [4.78, 5) is 21.6. The first-order chi connectivity index (χ1) is 9.42. The molecule has 0 unspecified atom stereocenters. The van der Waals surface area contributed by atoms with Crippen LogP contribution in [-0.2, 0) is 4.74 Å². The highest BCUT2D eigenvalue weighted by atomic mass is 16.6. The smallest absolute Gasteiger partial charge is 0.407 e. The molecule has 0 aromatic heterocycles. The lowest BCUT2D eigenvalue weighted by Crippen LogP contribution is -2.35. The van der Waals surface area contributed by atoms with Gasteiger partial charge in [0.1, 0.15) is 5.60 Å². The third-order valence-electron chi connectivity index (χ3n) is 2.20. The number of anilines is 2. The number of carbonyl (C=O) groups is 1. The Balaban J connectivity index is 2.34. The fraction of sp³-hybridized carbons (Fsp3) is 0.462. The van der Waals surface area contributed by atoms with Crippen LogP contribution in [0.3, 0.4) is 0 Å². The Morgan fingerprint density at radius 3 is 2.45 bits per heavy atom. The Hall–Kier alpha value is -2.31. The molecular weight excluding hydrogens is 260 g/mol. The minimum atomic E-state index is -0.510. The molecule has 1 amide bonds. The highest BCUT2D eigenvalue weighted by Gasteiger charge is 2.15. The van der Waals surface area contributed by atoms with Crippen molar-refractivity contribution in [3.05, 3.63) is 29.2 Å². The molecular formula is C13H20N4O3. The summed E-state index contributed by atoms with van der Waals surface area (Å²) in [5, 5.41) is 8.35. The molecule has 3 N–H and O–H groups in total. The number of nitroso groups, excluding NO2 is 1. The Labute approximate surface area is 118 Å². The summed E-state index contributed by atoms with van der Waals surface area (Å²) in [6, 6.07) is 7.16. The Morgan fingerprint density at radius 1 is 1.20 bits per heavy atom. The summed E-state index contributed by atoms with van der Waals surface area (Å²) in [6.45, 7) is 6.31. The SMILES string of the molecule is CC(C)(C)OC(=O)NCCNc1ccccc1NN=O. The van der Waals surface area contributed by atoms with Crippen LogP contribution in [0.4, 0.5) is 16.2 Å². The number of amides is 1. The number of hydrogen-bond acceptors (Lipinski definition) is 5. The lowest BCUT2D eigenvalue weighted by atomic mass is 10.2. The van der Waals surface area contributed by atoms with Gasteiger partial charge in [-0.05, 0) is 32.9 Å². The molecule has 1 aromatic carbocycles. The summed E-state index contributed by atoms with van der Waals surface area (Å²) >= 11 is 0. The van der Waals surface area contributed by atoms with Gasteiger partial charge in [-0.1, -0.05) is 12.1 Å². The third kappa shape index (κ3) is 6.03. The van der Waals surface area contributed by atoms with Crippen molar-refractivity contribution in [2.24, 2.45) is 5.29 Å². The van der Waals surface area contributed by atoms with Gasteiger partial charge in [0.05, 0.1) is 16.7 Å². The second-order valence-corrected chi connectivity index (χ2v) is 5.10. The van der Waals surface area contributed by atoms with E-state index in [2.05, 4.69) is 21.3 Å². The summed E-state index contributed by atoms with van der Waals surface area (Å²) in [6.07, 6.45) is -0.458. The van der Waals surface area contributed by atoms with E-state index >= 15 is 0 Å². The highest BCUT2D eigenvalue weighted by Crippen LogP contribution is 2.20. The summed E-state index contributed by atoms with van der Waals surface area (Å²) in [5.74, 6) is 0. The number of alkyl carbamates (subject to hydrolysis) is 1. The van der Waals surface area contributed by atoms with Crippen molar-refractivity contribution in [2.45, 2.75) is 26.4 Å². The molecule has 20 heavy (non-hydrogen) atoms. The van der Waals surface area contributed by atoms with Crippen LogP contribution < -0.4 is 16.1 Å². The van der Waals surface area contributed by atoms with Gasteiger partial charge in [0, 0.05) is 13.1 Å². The van der Waals surface area contributed by atoms with E-state index in [9.17, 15) is 9.70 Å². The van der Waals surface area contributed by atoms with Gasteiger partial charge in [0.15, 0.2) is 0 Å². The van der Waals surface area contributed by atoms with E-state index in [0.717, 1.165) is 5.69 Å². The number of hydrogen-bond donors (Lipinski definition) is 3. The molecule has 7 nitrogen and oxygen atoms in total. The number of nitrogens with one attached hydrogen (secondary N) is 3. The van der Waals surface area contributed by atoms with Crippen molar-refractivity contribution in [1.82, 2.24) is 5.32 Å². The summed E-state index contributed by atoms with van der Waals surface area (Å²) in [7, 11) is 0. The van der Waals surface area contributed by atoms with Gasteiger partial charge in [-0.2, -0.15) is 0 Å². The Morgan fingerprint density at radius 2 is 1.85 bits per heavy atom. The van der Waals surface area contributed by atoms with Crippen LogP contribution in [0.2, 0.25) is 0 Å². The molecule has 0 spiro atoms.